The van der Waals surface area contributed by atoms with Crippen LogP contribution in [0.15, 0.2) is 41.4 Å². The van der Waals surface area contributed by atoms with Crippen LogP contribution in [0.5, 0.6) is 11.5 Å². The highest BCUT2D eigenvalue weighted by molar-refractivity contribution is 7.16. The van der Waals surface area contributed by atoms with Gasteiger partial charge in [-0.25, -0.2) is 4.39 Å². The van der Waals surface area contributed by atoms with Crippen LogP contribution in [0.2, 0.25) is 0 Å². The molecule has 0 aliphatic carbocycles. The number of carbonyl (C=O) groups is 1. The Kier molecular flexibility index (Phi) is 7.59. The molecule has 160 valence electrons. The summed E-state index contributed by atoms with van der Waals surface area (Å²) in [5.41, 5.74) is 1.20. The molecule has 8 heteroatoms. The standard InChI is InChI=1S/C22H25FN2O4S/c1-4-27-12-11-25-17-9-8-16(23)14-20(17)30-22(25)24-21(26)15-7-10-18(28-5-2)19(13-15)29-6-3/h7-10,13-14H,4-6,11-12H2,1-3H3. The van der Waals surface area contributed by atoms with E-state index in [0.29, 0.717) is 54.8 Å². The van der Waals surface area contributed by atoms with Gasteiger partial charge >= 0.3 is 0 Å². The van der Waals surface area contributed by atoms with Gasteiger partial charge in [0.2, 0.25) is 0 Å². The van der Waals surface area contributed by atoms with Crippen LogP contribution in [-0.4, -0.2) is 36.9 Å². The Morgan fingerprint density at radius 1 is 1.03 bits per heavy atom. The number of aromatic nitrogens is 1. The fourth-order valence-corrected chi connectivity index (χ4v) is 4.06. The highest BCUT2D eigenvalue weighted by Gasteiger charge is 2.13. The van der Waals surface area contributed by atoms with Crippen molar-refractivity contribution in [3.8, 4) is 11.5 Å². The molecule has 1 amide bonds. The lowest BCUT2D eigenvalue weighted by atomic mass is 10.2. The van der Waals surface area contributed by atoms with E-state index in [2.05, 4.69) is 4.99 Å². The summed E-state index contributed by atoms with van der Waals surface area (Å²) in [7, 11) is 0. The lowest BCUT2D eigenvalue weighted by Gasteiger charge is -2.11. The second-order valence-electron chi connectivity index (χ2n) is 6.29. The van der Waals surface area contributed by atoms with Crippen molar-refractivity contribution in [1.29, 1.82) is 0 Å². The zero-order valence-electron chi connectivity index (χ0n) is 17.3. The second-order valence-corrected chi connectivity index (χ2v) is 7.30. The van der Waals surface area contributed by atoms with Crippen LogP contribution in [-0.2, 0) is 11.3 Å². The van der Waals surface area contributed by atoms with Crippen molar-refractivity contribution < 1.29 is 23.4 Å². The van der Waals surface area contributed by atoms with Crippen LogP contribution in [0, 0.1) is 5.82 Å². The van der Waals surface area contributed by atoms with Crippen molar-refractivity contribution in [3.63, 3.8) is 0 Å². The summed E-state index contributed by atoms with van der Waals surface area (Å²) >= 11 is 1.27. The normalized spacial score (nSPS) is 11.8. The van der Waals surface area contributed by atoms with Crippen molar-refractivity contribution in [2.24, 2.45) is 4.99 Å². The number of carbonyl (C=O) groups excluding carboxylic acids is 1. The summed E-state index contributed by atoms with van der Waals surface area (Å²) in [6.07, 6.45) is 0. The Balaban J connectivity index is 2.01. The zero-order valence-corrected chi connectivity index (χ0v) is 18.1. The molecule has 0 atom stereocenters. The predicted octanol–water partition coefficient (Wildman–Crippen LogP) is 4.42. The maximum atomic E-state index is 13.7. The number of nitrogens with zero attached hydrogens (tertiary/aromatic N) is 2. The Labute approximate surface area is 178 Å². The van der Waals surface area contributed by atoms with Crippen molar-refractivity contribution in [3.05, 3.63) is 52.6 Å². The summed E-state index contributed by atoms with van der Waals surface area (Å²) < 4.78 is 32.9. The molecule has 1 heterocycles. The third-order valence-corrected chi connectivity index (χ3v) is 5.34. The first-order valence-corrected chi connectivity index (χ1v) is 10.7. The van der Waals surface area contributed by atoms with Gasteiger partial charge in [-0.05, 0) is 57.2 Å². The molecular weight excluding hydrogens is 407 g/mol. The van der Waals surface area contributed by atoms with Crippen molar-refractivity contribution in [2.75, 3.05) is 26.4 Å². The molecule has 0 unspecified atom stereocenters. The smallest absolute Gasteiger partial charge is 0.279 e. The van der Waals surface area contributed by atoms with Gasteiger partial charge in [0.25, 0.3) is 5.91 Å². The van der Waals surface area contributed by atoms with E-state index in [4.69, 9.17) is 14.2 Å². The Bertz CT molecular complexity index is 1090. The SMILES string of the molecule is CCOCCn1c(=NC(=O)c2ccc(OCC)c(OCC)c2)sc2cc(F)ccc21. The molecule has 0 aliphatic rings. The first-order valence-electron chi connectivity index (χ1n) is 9.92. The molecule has 0 aliphatic heterocycles. The van der Waals surface area contributed by atoms with Crippen molar-refractivity contribution in [2.45, 2.75) is 27.3 Å². The Morgan fingerprint density at radius 3 is 2.53 bits per heavy atom. The van der Waals surface area contributed by atoms with E-state index in [1.54, 1.807) is 24.3 Å². The summed E-state index contributed by atoms with van der Waals surface area (Å²) in [5.74, 6) is 0.352. The zero-order chi connectivity index (χ0) is 21.5. The molecule has 2 aromatic carbocycles. The largest absolute Gasteiger partial charge is 0.490 e. The molecule has 3 aromatic rings. The number of thiazole rings is 1. The van der Waals surface area contributed by atoms with Crippen LogP contribution in [0.1, 0.15) is 31.1 Å². The predicted molar refractivity (Wildman–Crippen MR) is 115 cm³/mol. The van der Waals surface area contributed by atoms with E-state index in [1.807, 2.05) is 25.3 Å². The maximum Gasteiger partial charge on any atom is 0.279 e. The number of ether oxygens (including phenoxy) is 3. The van der Waals surface area contributed by atoms with Gasteiger partial charge in [-0.1, -0.05) is 11.3 Å². The third-order valence-electron chi connectivity index (χ3n) is 4.30. The molecule has 0 fully saturated rings. The van der Waals surface area contributed by atoms with E-state index >= 15 is 0 Å². The lowest BCUT2D eigenvalue weighted by molar-refractivity contribution is 0.0996. The fourth-order valence-electron chi connectivity index (χ4n) is 2.98. The van der Waals surface area contributed by atoms with Gasteiger partial charge in [-0.15, -0.1) is 0 Å². The molecule has 0 saturated carbocycles. The van der Waals surface area contributed by atoms with Crippen LogP contribution in [0.25, 0.3) is 10.2 Å². The topological polar surface area (TPSA) is 62.1 Å². The maximum absolute atomic E-state index is 13.7. The number of halogens is 1. The van der Waals surface area contributed by atoms with E-state index in [1.165, 1.54) is 23.5 Å². The first-order chi connectivity index (χ1) is 14.6. The summed E-state index contributed by atoms with van der Waals surface area (Å²) in [6, 6.07) is 9.56. The number of rotatable bonds is 9. The molecule has 6 nitrogen and oxygen atoms in total. The molecule has 1 aromatic heterocycles. The highest BCUT2D eigenvalue weighted by Crippen LogP contribution is 2.29. The summed E-state index contributed by atoms with van der Waals surface area (Å²) in [5, 5.41) is 0. The third kappa shape index (κ3) is 5.06. The minimum atomic E-state index is -0.406. The highest BCUT2D eigenvalue weighted by atomic mass is 32.1. The number of amides is 1. The van der Waals surface area contributed by atoms with E-state index in [0.717, 1.165) is 10.2 Å². The molecule has 0 bridgehead atoms. The van der Waals surface area contributed by atoms with Crippen molar-refractivity contribution in [1.82, 2.24) is 4.57 Å². The van der Waals surface area contributed by atoms with E-state index in [9.17, 15) is 9.18 Å². The minimum Gasteiger partial charge on any atom is -0.490 e. The quantitative estimate of drug-likeness (QED) is 0.470. The van der Waals surface area contributed by atoms with Gasteiger partial charge < -0.3 is 18.8 Å². The monoisotopic (exact) mass is 432 g/mol. The van der Waals surface area contributed by atoms with Crippen LogP contribution in [0.4, 0.5) is 4.39 Å². The molecule has 0 saturated heterocycles. The van der Waals surface area contributed by atoms with Crippen molar-refractivity contribution >= 4 is 27.5 Å². The fraction of sp³-hybridized carbons (Fsp3) is 0.364. The molecule has 3 rings (SSSR count). The summed E-state index contributed by atoms with van der Waals surface area (Å²) in [4.78, 5) is 17.7. The van der Waals surface area contributed by atoms with Crippen LogP contribution < -0.4 is 14.3 Å². The number of benzene rings is 2. The molecule has 0 spiro atoms. The average molecular weight is 433 g/mol. The average Bonchev–Trinajstić information content (AvgIpc) is 3.06. The lowest BCUT2D eigenvalue weighted by Crippen LogP contribution is -2.19. The van der Waals surface area contributed by atoms with Gasteiger partial charge in [0.15, 0.2) is 16.3 Å². The number of hydrogen-bond acceptors (Lipinski definition) is 5. The molecule has 30 heavy (non-hydrogen) atoms. The first kappa shape index (κ1) is 22.0. The van der Waals surface area contributed by atoms with Gasteiger partial charge in [0, 0.05) is 18.7 Å². The van der Waals surface area contributed by atoms with E-state index < -0.39 is 5.91 Å². The number of fused-ring (bicyclic) bond motifs is 1. The minimum absolute atomic E-state index is 0.327. The Morgan fingerprint density at radius 2 is 1.80 bits per heavy atom. The van der Waals surface area contributed by atoms with Gasteiger partial charge in [-0.3, -0.25) is 4.79 Å². The second kappa shape index (κ2) is 10.4. The van der Waals surface area contributed by atoms with Gasteiger partial charge in [0.05, 0.1) is 30.0 Å². The molecule has 0 N–H and O–H groups in total. The van der Waals surface area contributed by atoms with Crippen LogP contribution >= 0.6 is 11.3 Å². The number of hydrogen-bond donors (Lipinski definition) is 0. The summed E-state index contributed by atoms with van der Waals surface area (Å²) in [6.45, 7) is 8.20. The molecular formula is C22H25FN2O4S. The van der Waals surface area contributed by atoms with Crippen LogP contribution in [0.3, 0.4) is 0 Å². The molecule has 0 radical (unpaired) electrons. The Hall–Kier alpha value is -2.71. The van der Waals surface area contributed by atoms with Gasteiger partial charge in [0.1, 0.15) is 5.82 Å². The van der Waals surface area contributed by atoms with Gasteiger partial charge in [-0.2, -0.15) is 4.99 Å². The van der Waals surface area contributed by atoms with E-state index in [-0.39, 0.29) is 5.82 Å².